The Morgan fingerprint density at radius 1 is 1.29 bits per heavy atom. The van der Waals surface area contributed by atoms with Crippen LogP contribution in [0.2, 0.25) is 0 Å². The lowest BCUT2D eigenvalue weighted by Crippen LogP contribution is -2.37. The minimum absolute atomic E-state index is 0.0268. The standard InChI is InChI=1S/C10H17NO6/c1-10(2,3)17-8(13)6(11)4-5-7(12)16-9(14)15/h6H,4-5,11H2,1-3H3,(H,14,15). The summed E-state index contributed by atoms with van der Waals surface area (Å²) in [5.41, 5.74) is 4.82. The van der Waals surface area contributed by atoms with E-state index in [4.69, 9.17) is 15.6 Å². The number of carboxylic acid groups (broad SMARTS) is 1. The molecule has 17 heavy (non-hydrogen) atoms. The predicted octanol–water partition coefficient (Wildman–Crippen LogP) is 0.657. The Morgan fingerprint density at radius 3 is 2.24 bits per heavy atom. The zero-order valence-electron chi connectivity index (χ0n) is 10.1. The van der Waals surface area contributed by atoms with Crippen molar-refractivity contribution in [3.05, 3.63) is 0 Å². The van der Waals surface area contributed by atoms with E-state index >= 15 is 0 Å². The predicted molar refractivity (Wildman–Crippen MR) is 57.2 cm³/mol. The Bertz CT molecular complexity index is 306. The van der Waals surface area contributed by atoms with Crippen molar-refractivity contribution in [2.45, 2.75) is 45.3 Å². The fourth-order valence-electron chi connectivity index (χ4n) is 0.917. The number of rotatable bonds is 4. The minimum atomic E-state index is -1.68. The third kappa shape index (κ3) is 8.21. The van der Waals surface area contributed by atoms with Crippen LogP contribution in [0.3, 0.4) is 0 Å². The van der Waals surface area contributed by atoms with Gasteiger partial charge < -0.3 is 20.3 Å². The molecule has 7 nitrogen and oxygen atoms in total. The van der Waals surface area contributed by atoms with Gasteiger partial charge in [0.05, 0.1) is 0 Å². The van der Waals surface area contributed by atoms with E-state index in [1.54, 1.807) is 20.8 Å². The normalized spacial score (nSPS) is 12.7. The van der Waals surface area contributed by atoms with Crippen LogP contribution in [0.4, 0.5) is 4.79 Å². The molecule has 0 aliphatic heterocycles. The first-order valence-corrected chi connectivity index (χ1v) is 5.04. The summed E-state index contributed by atoms with van der Waals surface area (Å²) < 4.78 is 8.83. The van der Waals surface area contributed by atoms with Gasteiger partial charge in [-0.2, -0.15) is 0 Å². The van der Waals surface area contributed by atoms with Crippen LogP contribution in [0, 0.1) is 0 Å². The highest BCUT2D eigenvalue weighted by atomic mass is 16.7. The molecule has 0 rings (SSSR count). The molecule has 0 saturated carbocycles. The molecule has 0 saturated heterocycles. The lowest BCUT2D eigenvalue weighted by atomic mass is 10.1. The van der Waals surface area contributed by atoms with Gasteiger partial charge in [-0.3, -0.25) is 9.59 Å². The highest BCUT2D eigenvalue weighted by molar-refractivity contribution is 5.82. The summed E-state index contributed by atoms with van der Waals surface area (Å²) in [7, 11) is 0. The van der Waals surface area contributed by atoms with Gasteiger partial charge >= 0.3 is 18.1 Å². The van der Waals surface area contributed by atoms with Gasteiger partial charge in [-0.05, 0) is 27.2 Å². The highest BCUT2D eigenvalue weighted by Crippen LogP contribution is 2.09. The second-order valence-electron chi connectivity index (χ2n) is 4.42. The maximum absolute atomic E-state index is 11.4. The topological polar surface area (TPSA) is 116 Å². The molecule has 0 heterocycles. The van der Waals surface area contributed by atoms with Gasteiger partial charge in [-0.1, -0.05) is 0 Å². The Kier molecular flexibility index (Phi) is 5.60. The molecule has 0 aliphatic carbocycles. The Labute approximate surface area is 98.9 Å². The van der Waals surface area contributed by atoms with E-state index in [9.17, 15) is 14.4 Å². The van der Waals surface area contributed by atoms with Gasteiger partial charge in [0.15, 0.2) is 0 Å². The van der Waals surface area contributed by atoms with E-state index in [1.807, 2.05) is 0 Å². The molecule has 7 heteroatoms. The maximum Gasteiger partial charge on any atom is 0.513 e. The summed E-state index contributed by atoms with van der Waals surface area (Å²) in [6, 6.07) is -0.976. The maximum atomic E-state index is 11.4. The fraction of sp³-hybridized carbons (Fsp3) is 0.700. The fourth-order valence-corrected chi connectivity index (χ4v) is 0.917. The number of carbonyl (C=O) groups excluding carboxylic acids is 2. The number of hydrogen-bond donors (Lipinski definition) is 2. The van der Waals surface area contributed by atoms with E-state index in [1.165, 1.54) is 0 Å². The molecule has 0 bridgehead atoms. The Morgan fingerprint density at radius 2 is 1.82 bits per heavy atom. The first-order chi connectivity index (χ1) is 7.61. The summed E-state index contributed by atoms with van der Waals surface area (Å²) in [4.78, 5) is 32.2. The lowest BCUT2D eigenvalue weighted by molar-refractivity contribution is -0.156. The van der Waals surface area contributed by atoms with E-state index in [2.05, 4.69) is 4.74 Å². The molecule has 98 valence electrons. The minimum Gasteiger partial charge on any atom is -0.459 e. The molecule has 0 aromatic rings. The summed E-state index contributed by atoms with van der Waals surface area (Å²) in [6.45, 7) is 5.07. The van der Waals surface area contributed by atoms with E-state index in [0.29, 0.717) is 0 Å². The molecular formula is C10H17NO6. The summed E-state index contributed by atoms with van der Waals surface area (Å²) in [6.07, 6.45) is -1.96. The monoisotopic (exact) mass is 247 g/mol. The molecule has 3 N–H and O–H groups in total. The molecule has 0 aromatic heterocycles. The average Bonchev–Trinajstić information content (AvgIpc) is 2.10. The number of ether oxygens (including phenoxy) is 2. The number of hydrogen-bond acceptors (Lipinski definition) is 6. The first kappa shape index (κ1) is 15.4. The third-order valence-corrected chi connectivity index (χ3v) is 1.57. The van der Waals surface area contributed by atoms with Crippen LogP contribution in [0.15, 0.2) is 0 Å². The van der Waals surface area contributed by atoms with Crippen molar-refractivity contribution in [3.8, 4) is 0 Å². The number of nitrogens with two attached hydrogens (primary N) is 1. The molecular weight excluding hydrogens is 230 g/mol. The summed E-state index contributed by atoms with van der Waals surface area (Å²) in [5, 5.41) is 8.15. The third-order valence-electron chi connectivity index (χ3n) is 1.57. The van der Waals surface area contributed by atoms with Crippen LogP contribution in [0.25, 0.3) is 0 Å². The number of esters is 2. The van der Waals surface area contributed by atoms with Crippen molar-refractivity contribution in [2.75, 3.05) is 0 Å². The SMILES string of the molecule is CC(C)(C)OC(=O)C(N)CCC(=O)OC(=O)O. The first-order valence-electron chi connectivity index (χ1n) is 5.04. The van der Waals surface area contributed by atoms with Gasteiger partial charge in [0.2, 0.25) is 0 Å². The van der Waals surface area contributed by atoms with Gasteiger partial charge in [0.1, 0.15) is 11.6 Å². The molecule has 0 aliphatic rings. The molecule has 1 unspecified atom stereocenters. The Balaban J connectivity index is 4.01. The Hall–Kier alpha value is -1.63. The van der Waals surface area contributed by atoms with Crippen molar-refractivity contribution in [3.63, 3.8) is 0 Å². The summed E-state index contributed by atoms with van der Waals surface area (Å²) >= 11 is 0. The molecule has 1 atom stereocenters. The molecule has 0 aromatic carbocycles. The van der Waals surface area contributed by atoms with Gasteiger partial charge in [0, 0.05) is 6.42 Å². The zero-order valence-corrected chi connectivity index (χ0v) is 10.1. The van der Waals surface area contributed by atoms with Crippen LogP contribution in [-0.4, -0.2) is 34.8 Å². The van der Waals surface area contributed by atoms with Crippen LogP contribution in [0.1, 0.15) is 33.6 Å². The smallest absolute Gasteiger partial charge is 0.459 e. The van der Waals surface area contributed by atoms with E-state index < -0.39 is 29.7 Å². The van der Waals surface area contributed by atoms with Crippen molar-refractivity contribution in [1.82, 2.24) is 0 Å². The van der Waals surface area contributed by atoms with Crippen molar-refractivity contribution >= 4 is 18.1 Å². The summed E-state index contributed by atoms with van der Waals surface area (Å²) in [5.74, 6) is -1.59. The average molecular weight is 247 g/mol. The molecule has 0 fully saturated rings. The van der Waals surface area contributed by atoms with Crippen LogP contribution in [-0.2, 0) is 19.1 Å². The van der Waals surface area contributed by atoms with E-state index in [-0.39, 0.29) is 12.8 Å². The van der Waals surface area contributed by atoms with Crippen molar-refractivity contribution in [2.24, 2.45) is 5.73 Å². The van der Waals surface area contributed by atoms with Crippen molar-refractivity contribution in [1.29, 1.82) is 0 Å². The second kappa shape index (κ2) is 6.19. The molecule has 0 spiro atoms. The van der Waals surface area contributed by atoms with Gasteiger partial charge in [0.25, 0.3) is 0 Å². The molecule has 0 amide bonds. The number of carbonyl (C=O) groups is 3. The zero-order chi connectivity index (χ0) is 13.6. The highest BCUT2D eigenvalue weighted by Gasteiger charge is 2.23. The van der Waals surface area contributed by atoms with Crippen LogP contribution in [0.5, 0.6) is 0 Å². The van der Waals surface area contributed by atoms with E-state index in [0.717, 1.165) is 0 Å². The van der Waals surface area contributed by atoms with Gasteiger partial charge in [-0.15, -0.1) is 0 Å². The van der Waals surface area contributed by atoms with Crippen LogP contribution < -0.4 is 5.73 Å². The van der Waals surface area contributed by atoms with Crippen molar-refractivity contribution < 1.29 is 29.0 Å². The molecule has 0 radical (unpaired) electrons. The quantitative estimate of drug-likeness (QED) is 0.553. The second-order valence-corrected chi connectivity index (χ2v) is 4.42. The lowest BCUT2D eigenvalue weighted by Gasteiger charge is -2.21. The largest absolute Gasteiger partial charge is 0.513 e. The van der Waals surface area contributed by atoms with Crippen LogP contribution >= 0.6 is 0 Å². The van der Waals surface area contributed by atoms with Gasteiger partial charge in [-0.25, -0.2) is 4.79 Å².